The summed E-state index contributed by atoms with van der Waals surface area (Å²) in [5.74, 6) is 2.05. The van der Waals surface area contributed by atoms with Gasteiger partial charge in [0.1, 0.15) is 29.2 Å². The third-order valence-corrected chi connectivity index (χ3v) is 7.74. The summed E-state index contributed by atoms with van der Waals surface area (Å²) in [6.45, 7) is 16.1. The van der Waals surface area contributed by atoms with E-state index >= 15 is 4.39 Å². The van der Waals surface area contributed by atoms with Gasteiger partial charge in [-0.1, -0.05) is 6.92 Å². The third kappa shape index (κ3) is 6.89. The number of alkyl halides is 1. The number of ether oxygens (including phenoxy) is 2. The molecule has 0 saturated carbocycles. The zero-order valence-electron chi connectivity index (χ0n) is 24.8. The van der Waals surface area contributed by atoms with Crippen LogP contribution >= 0.6 is 0 Å². The third-order valence-electron chi connectivity index (χ3n) is 7.74. The van der Waals surface area contributed by atoms with E-state index in [0.717, 1.165) is 23.5 Å². The predicted molar refractivity (Wildman–Crippen MR) is 156 cm³/mol. The summed E-state index contributed by atoms with van der Waals surface area (Å²) < 4.78 is 26.8. The van der Waals surface area contributed by atoms with Crippen LogP contribution in [-0.2, 0) is 9.47 Å². The van der Waals surface area contributed by atoms with Gasteiger partial charge in [0, 0.05) is 48.6 Å². The number of nitrogens with zero attached hydrogens (tertiary/aromatic N) is 4. The molecule has 2 aliphatic rings. The maximum atomic E-state index is 15.6. The van der Waals surface area contributed by atoms with E-state index in [4.69, 9.17) is 19.9 Å². The van der Waals surface area contributed by atoms with E-state index < -0.39 is 17.9 Å². The summed E-state index contributed by atoms with van der Waals surface area (Å²) in [4.78, 5) is 25.5. The molecule has 2 fully saturated rings. The van der Waals surface area contributed by atoms with E-state index in [2.05, 4.69) is 29.0 Å². The molecule has 3 heterocycles. The van der Waals surface area contributed by atoms with Crippen molar-refractivity contribution >= 4 is 29.6 Å². The Labute approximate surface area is 237 Å². The summed E-state index contributed by atoms with van der Waals surface area (Å²) in [5.41, 5.74) is 2.51. The van der Waals surface area contributed by atoms with Crippen molar-refractivity contribution in [1.29, 1.82) is 5.41 Å². The molecule has 2 aliphatic heterocycles. The molecule has 2 aromatic rings. The van der Waals surface area contributed by atoms with Crippen LogP contribution in [0.5, 0.6) is 0 Å². The van der Waals surface area contributed by atoms with E-state index in [1.807, 2.05) is 32.0 Å². The number of likely N-dealkylation sites (tertiary alicyclic amines) is 1. The summed E-state index contributed by atoms with van der Waals surface area (Å²) in [6, 6.07) is 6.01. The Morgan fingerprint density at radius 3 is 2.62 bits per heavy atom. The lowest BCUT2D eigenvalue weighted by molar-refractivity contribution is 0.0111. The smallest absolute Gasteiger partial charge is 0.410 e. The number of amides is 1. The number of aryl methyl sites for hydroxylation is 2. The molecule has 0 spiro atoms. The number of piperidine rings is 1. The van der Waals surface area contributed by atoms with E-state index in [-0.39, 0.29) is 18.5 Å². The lowest BCUT2D eigenvalue weighted by Crippen LogP contribution is -2.46. The standard InChI is InChI=1S/C30H43FN6O3/c1-18-12-22(15-32)26(13-24(18)23-8-9-36(16-25(23)31)29(38)40-30(5,6)7)35-27-14-28(34-21(4)33-27)37-10-11-39-17-19(2)20(37)3/h12-15,19-20,23,25,32H,8-11,16-17H2,1-7H3,(H,33,34,35)/t19?,20-,23?,25?/m1/s1. The molecule has 1 amide bonds. The van der Waals surface area contributed by atoms with Gasteiger partial charge in [0.2, 0.25) is 0 Å². The highest BCUT2D eigenvalue weighted by molar-refractivity contribution is 5.88. The molecule has 4 atom stereocenters. The number of anilines is 3. The number of carbonyl (C=O) groups is 1. The second-order valence-corrected chi connectivity index (χ2v) is 12.0. The minimum absolute atomic E-state index is 0.0152. The number of halogens is 1. The van der Waals surface area contributed by atoms with Gasteiger partial charge in [0.15, 0.2) is 0 Å². The van der Waals surface area contributed by atoms with Crippen molar-refractivity contribution in [2.24, 2.45) is 5.92 Å². The van der Waals surface area contributed by atoms with E-state index in [0.29, 0.717) is 55.0 Å². The number of hydrogen-bond donors (Lipinski definition) is 2. The van der Waals surface area contributed by atoms with Crippen molar-refractivity contribution in [1.82, 2.24) is 14.9 Å². The topological polar surface area (TPSA) is 104 Å². The normalized spacial score (nSPS) is 23.9. The minimum Gasteiger partial charge on any atom is -0.444 e. The molecule has 0 aliphatic carbocycles. The number of hydrogen-bond acceptors (Lipinski definition) is 8. The molecule has 0 radical (unpaired) electrons. The molecule has 40 heavy (non-hydrogen) atoms. The van der Waals surface area contributed by atoms with Gasteiger partial charge in [0.05, 0.1) is 19.8 Å². The maximum absolute atomic E-state index is 15.6. The van der Waals surface area contributed by atoms with Crippen LogP contribution in [0.4, 0.5) is 26.5 Å². The summed E-state index contributed by atoms with van der Waals surface area (Å²) >= 11 is 0. The van der Waals surface area contributed by atoms with Gasteiger partial charge >= 0.3 is 6.09 Å². The quantitative estimate of drug-likeness (QED) is 0.453. The fourth-order valence-electron chi connectivity index (χ4n) is 5.43. The van der Waals surface area contributed by atoms with Gasteiger partial charge in [-0.25, -0.2) is 19.2 Å². The second kappa shape index (κ2) is 12.1. The first-order valence-electron chi connectivity index (χ1n) is 14.1. The Morgan fingerprint density at radius 1 is 1.20 bits per heavy atom. The van der Waals surface area contributed by atoms with Crippen molar-refractivity contribution in [3.05, 3.63) is 40.7 Å². The van der Waals surface area contributed by atoms with Gasteiger partial charge in [-0.15, -0.1) is 0 Å². The SMILES string of the molecule is Cc1nc(Nc2cc(C3CCN(C(=O)OC(C)(C)C)CC3F)c(C)cc2C=N)cc(N2CCOCC(C)[C@H]2C)n1. The lowest BCUT2D eigenvalue weighted by atomic mass is 9.84. The number of nitrogens with one attached hydrogen (secondary N) is 2. The fraction of sp³-hybridized carbons (Fsp3) is 0.600. The Kier molecular flexibility index (Phi) is 8.97. The van der Waals surface area contributed by atoms with E-state index in [9.17, 15) is 4.79 Å². The lowest BCUT2D eigenvalue weighted by Gasteiger charge is -2.36. The molecule has 218 valence electrons. The molecule has 0 bridgehead atoms. The Hall–Kier alpha value is -3.27. The van der Waals surface area contributed by atoms with Crippen molar-refractivity contribution in [3.8, 4) is 0 Å². The van der Waals surface area contributed by atoms with Gasteiger partial charge in [-0.05, 0) is 77.1 Å². The van der Waals surface area contributed by atoms with Gasteiger partial charge in [0.25, 0.3) is 0 Å². The highest BCUT2D eigenvalue weighted by atomic mass is 19.1. The first-order chi connectivity index (χ1) is 18.9. The van der Waals surface area contributed by atoms with Gasteiger partial charge < -0.3 is 30.0 Å². The zero-order chi connectivity index (χ0) is 29.2. The molecule has 10 heteroatoms. The Bertz CT molecular complexity index is 1230. The van der Waals surface area contributed by atoms with Crippen LogP contribution in [0.3, 0.4) is 0 Å². The van der Waals surface area contributed by atoms with Crippen LogP contribution in [0.25, 0.3) is 0 Å². The van der Waals surface area contributed by atoms with Crippen LogP contribution in [-0.4, -0.2) is 77.8 Å². The van der Waals surface area contributed by atoms with Gasteiger partial charge in [-0.2, -0.15) is 0 Å². The minimum atomic E-state index is -1.24. The molecule has 4 rings (SSSR count). The number of benzene rings is 1. The van der Waals surface area contributed by atoms with E-state index in [1.54, 1.807) is 20.8 Å². The number of rotatable bonds is 5. The average molecular weight is 555 g/mol. The van der Waals surface area contributed by atoms with E-state index in [1.165, 1.54) is 11.1 Å². The van der Waals surface area contributed by atoms with Crippen LogP contribution in [0.2, 0.25) is 0 Å². The van der Waals surface area contributed by atoms with Crippen molar-refractivity contribution in [2.75, 3.05) is 43.1 Å². The summed E-state index contributed by atoms with van der Waals surface area (Å²) in [6.07, 6.45) is 0.0537. The van der Waals surface area contributed by atoms with Crippen molar-refractivity contribution in [2.45, 2.75) is 78.6 Å². The van der Waals surface area contributed by atoms with Crippen LogP contribution in [0.15, 0.2) is 18.2 Å². The molecule has 9 nitrogen and oxygen atoms in total. The zero-order valence-corrected chi connectivity index (χ0v) is 24.8. The molecule has 1 aromatic carbocycles. The first kappa shape index (κ1) is 29.7. The molecule has 3 unspecified atom stereocenters. The van der Waals surface area contributed by atoms with Gasteiger partial charge in [-0.3, -0.25) is 0 Å². The van der Waals surface area contributed by atoms with Crippen LogP contribution in [0.1, 0.15) is 69.5 Å². The second-order valence-electron chi connectivity index (χ2n) is 12.0. The number of carbonyl (C=O) groups excluding carboxylic acids is 1. The van der Waals surface area contributed by atoms with Crippen molar-refractivity contribution < 1.29 is 18.7 Å². The summed E-state index contributed by atoms with van der Waals surface area (Å²) in [5, 5.41) is 11.4. The first-order valence-corrected chi connectivity index (χ1v) is 14.1. The average Bonchev–Trinajstić information content (AvgIpc) is 3.04. The largest absolute Gasteiger partial charge is 0.444 e. The maximum Gasteiger partial charge on any atom is 0.410 e. The Morgan fingerprint density at radius 2 is 1.95 bits per heavy atom. The molecule has 1 aromatic heterocycles. The summed E-state index contributed by atoms with van der Waals surface area (Å²) in [7, 11) is 0. The van der Waals surface area contributed by atoms with Crippen LogP contribution in [0, 0.1) is 25.2 Å². The highest BCUT2D eigenvalue weighted by Crippen LogP contribution is 2.36. The molecule has 2 saturated heterocycles. The molecular formula is C30H43FN6O3. The monoisotopic (exact) mass is 554 g/mol. The van der Waals surface area contributed by atoms with Crippen LogP contribution < -0.4 is 10.2 Å². The van der Waals surface area contributed by atoms with Crippen molar-refractivity contribution in [3.63, 3.8) is 0 Å². The molecular weight excluding hydrogens is 511 g/mol. The predicted octanol–water partition coefficient (Wildman–Crippen LogP) is 5.76. The molecule has 2 N–H and O–H groups in total. The highest BCUT2D eigenvalue weighted by Gasteiger charge is 2.35. The Balaban J connectivity index is 1.58. The number of aromatic nitrogens is 2. The fourth-order valence-corrected chi connectivity index (χ4v) is 5.43.